The normalized spacial score (nSPS) is 11.6. The first-order chi connectivity index (χ1) is 13.6. The second-order valence-corrected chi connectivity index (χ2v) is 6.98. The molecule has 6 nitrogen and oxygen atoms in total. The topological polar surface area (TPSA) is 75.2 Å². The Hall–Kier alpha value is -2.76. The molecule has 0 aliphatic rings. The highest BCUT2D eigenvalue weighted by atomic mass is 16.2. The maximum atomic E-state index is 12.6. The number of aromatic nitrogens is 2. The molecule has 1 N–H and O–H groups in total. The fraction of sp³-hybridized carbons (Fsp3) is 0.455. The zero-order chi connectivity index (χ0) is 20.2. The molecule has 0 saturated heterocycles. The van der Waals surface area contributed by atoms with Gasteiger partial charge in [0.1, 0.15) is 5.69 Å². The molecule has 0 spiro atoms. The smallest absolute Gasteiger partial charge is 0.274 e. The molecule has 0 bridgehead atoms. The fourth-order valence-corrected chi connectivity index (χ4v) is 2.92. The van der Waals surface area contributed by atoms with E-state index in [1.165, 1.54) is 24.2 Å². The van der Waals surface area contributed by atoms with Crippen LogP contribution < -0.4 is 5.32 Å². The Balaban J connectivity index is 1.80. The number of carbonyl (C=O) groups excluding carboxylic acids is 2. The van der Waals surface area contributed by atoms with Gasteiger partial charge < -0.3 is 10.2 Å². The van der Waals surface area contributed by atoms with Crippen molar-refractivity contribution in [1.29, 1.82) is 0 Å². The van der Waals surface area contributed by atoms with Crippen molar-refractivity contribution < 1.29 is 9.59 Å². The Bertz CT molecular complexity index is 722. The molecule has 0 radical (unpaired) electrons. The van der Waals surface area contributed by atoms with Gasteiger partial charge in [0.25, 0.3) is 5.91 Å². The summed E-state index contributed by atoms with van der Waals surface area (Å²) in [6, 6.07) is 10.3. The fourth-order valence-electron chi connectivity index (χ4n) is 2.92. The lowest BCUT2D eigenvalue weighted by atomic mass is 10.1. The molecule has 150 valence electrons. The third-order valence-electron chi connectivity index (χ3n) is 4.58. The van der Waals surface area contributed by atoms with Gasteiger partial charge in [-0.25, -0.2) is 4.98 Å². The summed E-state index contributed by atoms with van der Waals surface area (Å²) in [5, 5.41) is 3.04. The number of hydrogen-bond acceptors (Lipinski definition) is 4. The third-order valence-corrected chi connectivity index (χ3v) is 4.58. The molecule has 0 unspecified atom stereocenters. The number of nitrogens with one attached hydrogen (secondary N) is 1. The van der Waals surface area contributed by atoms with E-state index >= 15 is 0 Å². The molecule has 6 heteroatoms. The van der Waals surface area contributed by atoms with E-state index in [2.05, 4.69) is 34.3 Å². The number of hydrogen-bond donors (Lipinski definition) is 1. The van der Waals surface area contributed by atoms with Crippen molar-refractivity contribution in [2.45, 2.75) is 52.0 Å². The molecule has 0 fully saturated rings. The first kappa shape index (κ1) is 21.5. The van der Waals surface area contributed by atoms with E-state index in [0.29, 0.717) is 18.8 Å². The van der Waals surface area contributed by atoms with E-state index in [1.807, 2.05) is 25.1 Å². The SMILES string of the molecule is CCCCN(CCC(=O)N[C@H](C)CCc1ccccc1)C(=O)c1cnccn1. The van der Waals surface area contributed by atoms with E-state index in [9.17, 15) is 9.59 Å². The van der Waals surface area contributed by atoms with Crippen LogP contribution in [0.15, 0.2) is 48.9 Å². The second-order valence-electron chi connectivity index (χ2n) is 6.98. The predicted molar refractivity (Wildman–Crippen MR) is 110 cm³/mol. The molecule has 2 rings (SSSR count). The molecular weight excluding hydrogens is 352 g/mol. The van der Waals surface area contributed by atoms with E-state index < -0.39 is 0 Å². The molecule has 28 heavy (non-hydrogen) atoms. The minimum Gasteiger partial charge on any atom is -0.354 e. The van der Waals surface area contributed by atoms with Crippen molar-refractivity contribution in [3.05, 3.63) is 60.2 Å². The summed E-state index contributed by atoms with van der Waals surface area (Å²) in [5.41, 5.74) is 1.58. The van der Waals surface area contributed by atoms with Crippen molar-refractivity contribution in [3.8, 4) is 0 Å². The Morgan fingerprint density at radius 1 is 1.14 bits per heavy atom. The minimum atomic E-state index is -0.175. The van der Waals surface area contributed by atoms with Crippen LogP contribution in [0.2, 0.25) is 0 Å². The lowest BCUT2D eigenvalue weighted by Crippen LogP contribution is -2.38. The van der Waals surface area contributed by atoms with Crippen LogP contribution in [0.1, 0.15) is 55.6 Å². The van der Waals surface area contributed by atoms with Gasteiger partial charge in [-0.2, -0.15) is 0 Å². The van der Waals surface area contributed by atoms with Gasteiger partial charge in [-0.1, -0.05) is 43.7 Å². The number of amides is 2. The van der Waals surface area contributed by atoms with E-state index in [4.69, 9.17) is 0 Å². The molecule has 1 heterocycles. The zero-order valence-corrected chi connectivity index (χ0v) is 16.8. The average molecular weight is 383 g/mol. The summed E-state index contributed by atoms with van der Waals surface area (Å²) in [6.45, 7) is 5.09. The second kappa shape index (κ2) is 11.8. The molecule has 1 aromatic heterocycles. The molecule has 0 saturated carbocycles. The Labute approximate surface area is 167 Å². The van der Waals surface area contributed by atoms with Gasteiger partial charge in [0.05, 0.1) is 6.20 Å². The predicted octanol–water partition coefficient (Wildman–Crippen LogP) is 3.25. The monoisotopic (exact) mass is 382 g/mol. The van der Waals surface area contributed by atoms with Crippen LogP contribution in [-0.2, 0) is 11.2 Å². The lowest BCUT2D eigenvalue weighted by molar-refractivity contribution is -0.121. The third kappa shape index (κ3) is 7.47. The van der Waals surface area contributed by atoms with E-state index in [0.717, 1.165) is 25.7 Å². The van der Waals surface area contributed by atoms with Crippen LogP contribution in [-0.4, -0.2) is 45.8 Å². The molecule has 2 amide bonds. The first-order valence-corrected chi connectivity index (χ1v) is 9.98. The average Bonchev–Trinajstić information content (AvgIpc) is 2.73. The first-order valence-electron chi connectivity index (χ1n) is 9.98. The van der Waals surface area contributed by atoms with Crippen LogP contribution in [0.4, 0.5) is 0 Å². The van der Waals surface area contributed by atoms with Crippen LogP contribution in [0.3, 0.4) is 0 Å². The molecule has 0 aliphatic heterocycles. The standard InChI is InChI=1S/C22H30N4O2/c1-3-4-15-26(22(28)20-17-23-13-14-24-20)16-12-21(27)25-18(2)10-11-19-8-6-5-7-9-19/h5-9,13-14,17-18H,3-4,10-12,15-16H2,1-2H3,(H,25,27)/t18-/m1/s1. The maximum absolute atomic E-state index is 12.6. The zero-order valence-electron chi connectivity index (χ0n) is 16.8. The van der Waals surface area contributed by atoms with Gasteiger partial charge in [0.2, 0.25) is 5.91 Å². The summed E-state index contributed by atoms with van der Waals surface area (Å²) in [4.78, 5) is 34.7. The van der Waals surface area contributed by atoms with Gasteiger partial charge in [-0.05, 0) is 31.7 Å². The highest BCUT2D eigenvalue weighted by molar-refractivity contribution is 5.92. The van der Waals surface area contributed by atoms with Crippen molar-refractivity contribution >= 4 is 11.8 Å². The van der Waals surface area contributed by atoms with E-state index in [-0.39, 0.29) is 24.3 Å². The van der Waals surface area contributed by atoms with Crippen molar-refractivity contribution in [1.82, 2.24) is 20.2 Å². The molecule has 0 aliphatic carbocycles. The highest BCUT2D eigenvalue weighted by Crippen LogP contribution is 2.06. The molecular formula is C22H30N4O2. The number of rotatable bonds is 11. The minimum absolute atomic E-state index is 0.0333. The number of unbranched alkanes of at least 4 members (excludes halogenated alkanes) is 1. The summed E-state index contributed by atoms with van der Waals surface area (Å²) in [6.07, 6.45) is 8.47. The van der Waals surface area contributed by atoms with Crippen molar-refractivity contribution in [2.24, 2.45) is 0 Å². The van der Waals surface area contributed by atoms with Crippen LogP contribution in [0, 0.1) is 0 Å². The van der Waals surface area contributed by atoms with Gasteiger partial charge in [0.15, 0.2) is 0 Å². The maximum Gasteiger partial charge on any atom is 0.274 e. The molecule has 1 atom stereocenters. The summed E-state index contributed by atoms with van der Waals surface area (Å²) in [5.74, 6) is -0.208. The largest absolute Gasteiger partial charge is 0.354 e. The van der Waals surface area contributed by atoms with Crippen LogP contribution in [0.25, 0.3) is 0 Å². The van der Waals surface area contributed by atoms with Gasteiger partial charge in [-0.15, -0.1) is 0 Å². The quantitative estimate of drug-likeness (QED) is 0.647. The summed E-state index contributed by atoms with van der Waals surface area (Å²) < 4.78 is 0. The van der Waals surface area contributed by atoms with Gasteiger partial charge >= 0.3 is 0 Å². The van der Waals surface area contributed by atoms with Crippen molar-refractivity contribution in [3.63, 3.8) is 0 Å². The summed E-state index contributed by atoms with van der Waals surface area (Å²) >= 11 is 0. The Morgan fingerprint density at radius 3 is 2.61 bits per heavy atom. The Kier molecular flexibility index (Phi) is 9.11. The number of carbonyl (C=O) groups is 2. The van der Waals surface area contributed by atoms with Crippen LogP contribution >= 0.6 is 0 Å². The highest BCUT2D eigenvalue weighted by Gasteiger charge is 2.18. The molecule has 2 aromatic rings. The lowest BCUT2D eigenvalue weighted by Gasteiger charge is -2.22. The number of aryl methyl sites for hydroxylation is 1. The van der Waals surface area contributed by atoms with Crippen molar-refractivity contribution in [2.75, 3.05) is 13.1 Å². The number of nitrogens with zero attached hydrogens (tertiary/aromatic N) is 3. The molecule has 1 aromatic carbocycles. The van der Waals surface area contributed by atoms with Crippen LogP contribution in [0.5, 0.6) is 0 Å². The van der Waals surface area contributed by atoms with E-state index in [1.54, 1.807) is 4.90 Å². The van der Waals surface area contributed by atoms with Gasteiger partial charge in [-0.3, -0.25) is 14.6 Å². The number of benzene rings is 1. The summed E-state index contributed by atoms with van der Waals surface area (Å²) in [7, 11) is 0. The Morgan fingerprint density at radius 2 is 1.93 bits per heavy atom. The van der Waals surface area contributed by atoms with Gasteiger partial charge in [0, 0.05) is 37.9 Å².